The van der Waals surface area contributed by atoms with Crippen LogP contribution in [0, 0.1) is 10.1 Å². The van der Waals surface area contributed by atoms with Crippen molar-refractivity contribution < 1.29 is 24.5 Å². The summed E-state index contributed by atoms with van der Waals surface area (Å²) in [4.78, 5) is 52.0. The van der Waals surface area contributed by atoms with Gasteiger partial charge in [0.15, 0.2) is 11.6 Å². The molecule has 0 aliphatic carbocycles. The number of nitro groups is 1. The molecule has 0 atom stereocenters. The topological polar surface area (TPSA) is 162 Å². The molecule has 3 aromatic carbocycles. The van der Waals surface area contributed by atoms with Gasteiger partial charge in [-0.25, -0.2) is 4.98 Å². The number of imidazole rings is 1. The van der Waals surface area contributed by atoms with Crippen molar-refractivity contribution in [2.24, 2.45) is 5.73 Å². The van der Waals surface area contributed by atoms with Crippen molar-refractivity contribution in [3.05, 3.63) is 94.0 Å². The fourth-order valence-electron chi connectivity index (χ4n) is 3.68. The number of amides is 2. The van der Waals surface area contributed by atoms with Crippen molar-refractivity contribution in [2.45, 2.75) is 6.92 Å². The molecule has 0 unspecified atom stereocenters. The van der Waals surface area contributed by atoms with E-state index < -0.39 is 16.7 Å². The molecular formula is C26H21N5O6. The van der Waals surface area contributed by atoms with Gasteiger partial charge in [-0.15, -0.1) is 0 Å². The standard InChI is InChI=1S/C26H21N5O6/c1-16(32)18-5-2-17(3-6-18)4-13-25(34)29(15-24(27)33)20-9-7-19(8-10-20)26-28-22-12-11-21(31(36)37)14-23(22)30(26)35/h2-14,35H,15H2,1H3,(H2,27,33)/b13-4+. The van der Waals surface area contributed by atoms with Crippen LogP contribution in [0.25, 0.3) is 28.5 Å². The minimum Gasteiger partial charge on any atom is -0.426 e. The highest BCUT2D eigenvalue weighted by atomic mass is 16.6. The Morgan fingerprint density at radius 1 is 1.08 bits per heavy atom. The van der Waals surface area contributed by atoms with E-state index in [0.717, 1.165) is 4.73 Å². The van der Waals surface area contributed by atoms with Gasteiger partial charge in [-0.1, -0.05) is 24.3 Å². The van der Waals surface area contributed by atoms with Crippen LogP contribution < -0.4 is 10.6 Å². The number of benzene rings is 3. The first-order chi connectivity index (χ1) is 17.6. The molecule has 11 nitrogen and oxygen atoms in total. The molecule has 0 radical (unpaired) electrons. The number of rotatable bonds is 8. The molecule has 0 fully saturated rings. The van der Waals surface area contributed by atoms with Crippen molar-refractivity contribution in [3.63, 3.8) is 0 Å². The quantitative estimate of drug-likeness (QED) is 0.123. The van der Waals surface area contributed by atoms with Crippen LogP contribution in [0.5, 0.6) is 0 Å². The van der Waals surface area contributed by atoms with E-state index in [1.165, 1.54) is 36.1 Å². The highest BCUT2D eigenvalue weighted by Crippen LogP contribution is 2.28. The monoisotopic (exact) mass is 499 g/mol. The highest BCUT2D eigenvalue weighted by molar-refractivity contribution is 6.06. The summed E-state index contributed by atoms with van der Waals surface area (Å²) in [5, 5.41) is 21.6. The van der Waals surface area contributed by atoms with E-state index in [4.69, 9.17) is 5.73 Å². The Balaban J connectivity index is 1.59. The molecule has 0 aliphatic rings. The van der Waals surface area contributed by atoms with Gasteiger partial charge in [-0.05, 0) is 48.9 Å². The Morgan fingerprint density at radius 3 is 2.35 bits per heavy atom. The number of nitro benzene ring substituents is 1. The minimum absolute atomic E-state index is 0.0687. The number of carbonyl (C=O) groups excluding carboxylic acids is 3. The van der Waals surface area contributed by atoms with Crippen molar-refractivity contribution in [1.29, 1.82) is 0 Å². The lowest BCUT2D eigenvalue weighted by Crippen LogP contribution is -2.37. The zero-order valence-corrected chi connectivity index (χ0v) is 19.6. The first-order valence-corrected chi connectivity index (χ1v) is 11.0. The second-order valence-corrected chi connectivity index (χ2v) is 8.13. The normalized spacial score (nSPS) is 11.1. The Hall–Kier alpha value is -5.32. The number of aromatic nitrogens is 2. The summed E-state index contributed by atoms with van der Waals surface area (Å²) in [7, 11) is 0. The van der Waals surface area contributed by atoms with Crippen LogP contribution in [0.15, 0.2) is 72.8 Å². The number of nitrogens with zero attached hydrogens (tertiary/aromatic N) is 4. The van der Waals surface area contributed by atoms with Gasteiger partial charge in [0.1, 0.15) is 12.1 Å². The summed E-state index contributed by atoms with van der Waals surface area (Å²) in [6, 6.07) is 16.9. The third-order valence-corrected chi connectivity index (χ3v) is 5.58. The molecule has 0 bridgehead atoms. The van der Waals surface area contributed by atoms with E-state index in [1.54, 1.807) is 54.6 Å². The molecule has 0 saturated heterocycles. The number of ketones is 1. The van der Waals surface area contributed by atoms with Gasteiger partial charge < -0.3 is 10.9 Å². The fraction of sp³-hybridized carbons (Fsp3) is 0.0769. The number of non-ortho nitro benzene ring substituents is 1. The van der Waals surface area contributed by atoms with Crippen LogP contribution in [0.1, 0.15) is 22.8 Å². The summed E-state index contributed by atoms with van der Waals surface area (Å²) in [6.45, 7) is 1.09. The number of hydrogen-bond donors (Lipinski definition) is 2. The smallest absolute Gasteiger partial charge is 0.271 e. The van der Waals surface area contributed by atoms with Crippen LogP contribution in [0.4, 0.5) is 11.4 Å². The Morgan fingerprint density at radius 2 is 1.76 bits per heavy atom. The van der Waals surface area contributed by atoms with Crippen LogP contribution in [-0.2, 0) is 9.59 Å². The summed E-state index contributed by atoms with van der Waals surface area (Å²) < 4.78 is 0.754. The lowest BCUT2D eigenvalue weighted by Gasteiger charge is -2.20. The molecule has 0 spiro atoms. The Bertz CT molecular complexity index is 1560. The maximum atomic E-state index is 12.9. The molecule has 0 saturated carbocycles. The van der Waals surface area contributed by atoms with Crippen LogP contribution >= 0.6 is 0 Å². The third kappa shape index (κ3) is 5.35. The van der Waals surface area contributed by atoms with Crippen LogP contribution in [0.2, 0.25) is 0 Å². The molecule has 1 aromatic heterocycles. The SMILES string of the molecule is CC(=O)c1ccc(/C=C/C(=O)N(CC(N)=O)c2ccc(-c3nc4ccc([N+](=O)[O-])cc4n3O)cc2)cc1. The van der Waals surface area contributed by atoms with E-state index >= 15 is 0 Å². The molecule has 37 heavy (non-hydrogen) atoms. The number of Topliss-reactive ketones (excluding diaryl/α,β-unsaturated/α-hetero) is 1. The first-order valence-electron chi connectivity index (χ1n) is 11.0. The highest BCUT2D eigenvalue weighted by Gasteiger charge is 2.19. The average molecular weight is 499 g/mol. The number of nitrogens with two attached hydrogens (primary N) is 1. The maximum Gasteiger partial charge on any atom is 0.271 e. The zero-order valence-electron chi connectivity index (χ0n) is 19.6. The van der Waals surface area contributed by atoms with Crippen LogP contribution in [0.3, 0.4) is 0 Å². The number of carbonyl (C=O) groups is 3. The second-order valence-electron chi connectivity index (χ2n) is 8.13. The maximum absolute atomic E-state index is 12.9. The Labute approximate surface area is 210 Å². The zero-order chi connectivity index (χ0) is 26.7. The van der Waals surface area contributed by atoms with Crippen molar-refractivity contribution in [2.75, 3.05) is 11.4 Å². The molecule has 186 valence electrons. The van der Waals surface area contributed by atoms with Crippen molar-refractivity contribution in [3.8, 4) is 11.4 Å². The first kappa shape index (κ1) is 24.8. The molecule has 3 N–H and O–H groups in total. The minimum atomic E-state index is -0.713. The number of anilines is 1. The molecule has 0 aliphatic heterocycles. The molecule has 11 heteroatoms. The molecular weight excluding hydrogens is 478 g/mol. The summed E-state index contributed by atoms with van der Waals surface area (Å²) >= 11 is 0. The van der Waals surface area contributed by atoms with E-state index in [9.17, 15) is 29.7 Å². The largest absolute Gasteiger partial charge is 0.426 e. The van der Waals surface area contributed by atoms with Gasteiger partial charge >= 0.3 is 0 Å². The van der Waals surface area contributed by atoms with Crippen LogP contribution in [-0.4, -0.2) is 44.0 Å². The van der Waals surface area contributed by atoms with Gasteiger partial charge in [0.05, 0.1) is 10.4 Å². The van der Waals surface area contributed by atoms with E-state index in [1.807, 2.05) is 0 Å². The lowest BCUT2D eigenvalue weighted by atomic mass is 10.1. The van der Waals surface area contributed by atoms with E-state index in [0.29, 0.717) is 27.9 Å². The molecule has 1 heterocycles. The lowest BCUT2D eigenvalue weighted by molar-refractivity contribution is -0.384. The van der Waals surface area contributed by atoms with Gasteiger partial charge in [-0.2, -0.15) is 4.73 Å². The number of fused-ring (bicyclic) bond motifs is 1. The summed E-state index contributed by atoms with van der Waals surface area (Å²) in [5.41, 5.74) is 7.78. The predicted molar refractivity (Wildman–Crippen MR) is 136 cm³/mol. The molecule has 2 amide bonds. The molecule has 4 rings (SSSR count). The number of primary amides is 1. The van der Waals surface area contributed by atoms with Crippen molar-refractivity contribution in [1.82, 2.24) is 9.71 Å². The van der Waals surface area contributed by atoms with Gasteiger partial charge in [0, 0.05) is 35.0 Å². The summed E-state index contributed by atoms with van der Waals surface area (Å²) in [6.07, 6.45) is 2.85. The van der Waals surface area contributed by atoms with E-state index in [2.05, 4.69) is 4.98 Å². The van der Waals surface area contributed by atoms with Gasteiger partial charge in [0.2, 0.25) is 5.91 Å². The second kappa shape index (κ2) is 10.1. The van der Waals surface area contributed by atoms with Gasteiger partial charge in [0.25, 0.3) is 11.6 Å². The predicted octanol–water partition coefficient (Wildman–Crippen LogP) is 3.58. The van der Waals surface area contributed by atoms with E-state index in [-0.39, 0.29) is 29.4 Å². The average Bonchev–Trinajstić information content (AvgIpc) is 3.21. The van der Waals surface area contributed by atoms with Gasteiger partial charge in [-0.3, -0.25) is 29.4 Å². The number of hydrogen-bond acceptors (Lipinski definition) is 7. The fourth-order valence-corrected chi connectivity index (χ4v) is 3.68. The third-order valence-electron chi connectivity index (χ3n) is 5.58. The summed E-state index contributed by atoms with van der Waals surface area (Å²) in [5.74, 6) is -1.14. The Kier molecular flexibility index (Phi) is 6.78. The van der Waals surface area contributed by atoms with Crippen molar-refractivity contribution >= 4 is 46.1 Å². The molecule has 4 aromatic rings.